The Morgan fingerprint density at radius 1 is 1.25 bits per heavy atom. The number of aromatic nitrogens is 1. The van der Waals surface area contributed by atoms with Gasteiger partial charge in [-0.2, -0.15) is 0 Å². The number of carbonyl (C=O) groups excluding carboxylic acids is 1. The van der Waals surface area contributed by atoms with Gasteiger partial charge in [-0.05, 0) is 44.5 Å². The molecule has 1 aliphatic rings. The fourth-order valence-electron chi connectivity index (χ4n) is 3.23. The van der Waals surface area contributed by atoms with Crippen molar-refractivity contribution < 1.29 is 4.79 Å². The number of benzene rings is 1. The van der Waals surface area contributed by atoms with Crippen LogP contribution < -0.4 is 5.32 Å². The van der Waals surface area contributed by atoms with Gasteiger partial charge in [-0.25, -0.2) is 0 Å². The van der Waals surface area contributed by atoms with Crippen LogP contribution in [0.15, 0.2) is 36.5 Å². The molecule has 1 aromatic heterocycles. The third-order valence-electron chi connectivity index (χ3n) is 4.61. The summed E-state index contributed by atoms with van der Waals surface area (Å²) < 4.78 is 0. The van der Waals surface area contributed by atoms with Crippen LogP contribution in [0.3, 0.4) is 0 Å². The number of nitrogens with zero attached hydrogens (tertiary/aromatic N) is 1. The summed E-state index contributed by atoms with van der Waals surface area (Å²) in [4.78, 5) is 17.5. The standard InChI is InChI=1S/C17H20N2O/c1-2-17(8-11-18-12-9-17)16(20)14-5-3-7-15-13(14)6-4-10-19-15/h3-7,10,18H,2,8-9,11-12H2,1H3. The number of ketones is 1. The van der Waals surface area contributed by atoms with Crippen LogP contribution in [-0.2, 0) is 0 Å². The Hall–Kier alpha value is -1.74. The molecule has 1 N–H and O–H groups in total. The smallest absolute Gasteiger partial charge is 0.169 e. The largest absolute Gasteiger partial charge is 0.317 e. The first-order valence-electron chi connectivity index (χ1n) is 7.36. The summed E-state index contributed by atoms with van der Waals surface area (Å²) in [5, 5.41) is 4.33. The lowest BCUT2D eigenvalue weighted by Crippen LogP contribution is -2.41. The molecule has 0 unspecified atom stereocenters. The molecule has 0 spiro atoms. The van der Waals surface area contributed by atoms with Crippen molar-refractivity contribution in [1.82, 2.24) is 10.3 Å². The van der Waals surface area contributed by atoms with E-state index in [0.717, 1.165) is 48.8 Å². The van der Waals surface area contributed by atoms with Crippen molar-refractivity contribution in [2.75, 3.05) is 13.1 Å². The SMILES string of the molecule is CCC1(C(=O)c2cccc3ncccc23)CCNCC1. The topological polar surface area (TPSA) is 42.0 Å². The molecule has 3 heteroatoms. The van der Waals surface area contributed by atoms with Crippen LogP contribution >= 0.6 is 0 Å². The number of hydrogen-bond acceptors (Lipinski definition) is 3. The summed E-state index contributed by atoms with van der Waals surface area (Å²) in [6.07, 6.45) is 4.54. The minimum atomic E-state index is -0.199. The third kappa shape index (κ3) is 2.12. The van der Waals surface area contributed by atoms with Crippen molar-refractivity contribution in [3.05, 3.63) is 42.1 Å². The van der Waals surface area contributed by atoms with Crippen LogP contribution in [0.1, 0.15) is 36.5 Å². The van der Waals surface area contributed by atoms with E-state index in [1.165, 1.54) is 0 Å². The molecule has 1 aromatic carbocycles. The summed E-state index contributed by atoms with van der Waals surface area (Å²) in [6, 6.07) is 9.76. The number of carbonyl (C=O) groups is 1. The molecule has 1 aliphatic heterocycles. The molecule has 3 nitrogen and oxygen atoms in total. The van der Waals surface area contributed by atoms with Gasteiger partial charge in [0.05, 0.1) is 5.52 Å². The highest BCUT2D eigenvalue weighted by atomic mass is 16.1. The van der Waals surface area contributed by atoms with Gasteiger partial charge in [0.1, 0.15) is 0 Å². The fraction of sp³-hybridized carbons (Fsp3) is 0.412. The summed E-state index contributed by atoms with van der Waals surface area (Å²) in [7, 11) is 0. The first-order valence-corrected chi connectivity index (χ1v) is 7.36. The number of fused-ring (bicyclic) bond motifs is 1. The molecule has 0 atom stereocenters. The molecule has 0 aliphatic carbocycles. The molecule has 1 saturated heterocycles. The molecule has 3 rings (SSSR count). The molecule has 2 heterocycles. The van der Waals surface area contributed by atoms with Crippen LogP contribution in [0.5, 0.6) is 0 Å². The maximum atomic E-state index is 13.1. The zero-order valence-corrected chi connectivity index (χ0v) is 11.9. The third-order valence-corrected chi connectivity index (χ3v) is 4.61. The van der Waals surface area contributed by atoms with Crippen LogP contribution in [0.2, 0.25) is 0 Å². The predicted molar refractivity (Wildman–Crippen MR) is 80.9 cm³/mol. The molecule has 1 fully saturated rings. The summed E-state index contributed by atoms with van der Waals surface area (Å²) in [6.45, 7) is 4.00. The molecule has 0 saturated carbocycles. The van der Waals surface area contributed by atoms with E-state index in [1.807, 2.05) is 30.3 Å². The van der Waals surface area contributed by atoms with Crippen molar-refractivity contribution in [3.8, 4) is 0 Å². The number of nitrogens with one attached hydrogen (secondary N) is 1. The lowest BCUT2D eigenvalue weighted by Gasteiger charge is -2.35. The minimum absolute atomic E-state index is 0.199. The van der Waals surface area contributed by atoms with Gasteiger partial charge in [-0.3, -0.25) is 9.78 Å². The lowest BCUT2D eigenvalue weighted by atomic mass is 9.71. The first kappa shape index (κ1) is 13.3. The van der Waals surface area contributed by atoms with E-state index in [4.69, 9.17) is 0 Å². The molecule has 0 bridgehead atoms. The predicted octanol–water partition coefficient (Wildman–Crippen LogP) is 3.20. The van der Waals surface area contributed by atoms with Gasteiger partial charge in [0, 0.05) is 22.6 Å². The molecule has 0 amide bonds. The van der Waals surface area contributed by atoms with E-state index >= 15 is 0 Å². The zero-order chi connectivity index (χ0) is 14.0. The van der Waals surface area contributed by atoms with Gasteiger partial charge >= 0.3 is 0 Å². The van der Waals surface area contributed by atoms with Crippen molar-refractivity contribution in [3.63, 3.8) is 0 Å². The number of piperidine rings is 1. The number of hydrogen-bond donors (Lipinski definition) is 1. The van der Waals surface area contributed by atoms with E-state index in [9.17, 15) is 4.79 Å². The molecule has 104 valence electrons. The van der Waals surface area contributed by atoms with Gasteiger partial charge in [-0.15, -0.1) is 0 Å². The van der Waals surface area contributed by atoms with Crippen molar-refractivity contribution in [1.29, 1.82) is 0 Å². The number of rotatable bonds is 3. The fourth-order valence-corrected chi connectivity index (χ4v) is 3.23. The average Bonchev–Trinajstić information content (AvgIpc) is 2.54. The van der Waals surface area contributed by atoms with Crippen LogP contribution in [0, 0.1) is 5.41 Å². The Labute approximate surface area is 119 Å². The van der Waals surface area contributed by atoms with Gasteiger partial charge < -0.3 is 5.32 Å². The molecular formula is C17H20N2O. The Morgan fingerprint density at radius 3 is 2.80 bits per heavy atom. The highest BCUT2D eigenvalue weighted by molar-refractivity contribution is 6.10. The molecule has 20 heavy (non-hydrogen) atoms. The second-order valence-electron chi connectivity index (χ2n) is 5.59. The summed E-state index contributed by atoms with van der Waals surface area (Å²) in [5.41, 5.74) is 1.54. The highest BCUT2D eigenvalue weighted by Gasteiger charge is 2.38. The van der Waals surface area contributed by atoms with E-state index in [0.29, 0.717) is 5.78 Å². The quantitative estimate of drug-likeness (QED) is 0.869. The van der Waals surface area contributed by atoms with Gasteiger partial charge in [0.15, 0.2) is 5.78 Å². The average molecular weight is 268 g/mol. The van der Waals surface area contributed by atoms with Gasteiger partial charge in [0.25, 0.3) is 0 Å². The number of pyridine rings is 1. The van der Waals surface area contributed by atoms with E-state index in [-0.39, 0.29) is 5.41 Å². The monoisotopic (exact) mass is 268 g/mol. The van der Waals surface area contributed by atoms with Crippen molar-refractivity contribution in [2.24, 2.45) is 5.41 Å². The Kier molecular flexibility index (Phi) is 3.53. The van der Waals surface area contributed by atoms with E-state index < -0.39 is 0 Å². The van der Waals surface area contributed by atoms with Crippen molar-refractivity contribution in [2.45, 2.75) is 26.2 Å². The molecule has 0 radical (unpaired) electrons. The maximum absolute atomic E-state index is 13.1. The zero-order valence-electron chi connectivity index (χ0n) is 11.9. The van der Waals surface area contributed by atoms with Crippen LogP contribution in [0.25, 0.3) is 10.9 Å². The van der Waals surface area contributed by atoms with Gasteiger partial charge in [0.2, 0.25) is 0 Å². The Morgan fingerprint density at radius 2 is 2.05 bits per heavy atom. The summed E-state index contributed by atoms with van der Waals surface area (Å²) >= 11 is 0. The summed E-state index contributed by atoms with van der Waals surface area (Å²) in [5.74, 6) is 0.292. The molecule has 2 aromatic rings. The number of Topliss-reactive ketones (excluding diaryl/α,β-unsaturated/α-hetero) is 1. The minimum Gasteiger partial charge on any atom is -0.317 e. The molecular weight excluding hydrogens is 248 g/mol. The normalized spacial score (nSPS) is 18.1. The van der Waals surface area contributed by atoms with E-state index in [1.54, 1.807) is 6.20 Å². The van der Waals surface area contributed by atoms with Crippen LogP contribution in [-0.4, -0.2) is 23.9 Å². The van der Waals surface area contributed by atoms with Crippen LogP contribution in [0.4, 0.5) is 0 Å². The second-order valence-corrected chi connectivity index (χ2v) is 5.59. The van der Waals surface area contributed by atoms with E-state index in [2.05, 4.69) is 17.2 Å². The highest BCUT2D eigenvalue weighted by Crippen LogP contribution is 2.37. The Balaban J connectivity index is 2.08. The lowest BCUT2D eigenvalue weighted by molar-refractivity contribution is 0.0719. The maximum Gasteiger partial charge on any atom is 0.169 e. The second kappa shape index (κ2) is 5.33. The Bertz CT molecular complexity index is 624. The van der Waals surface area contributed by atoms with Crippen molar-refractivity contribution >= 4 is 16.7 Å². The van der Waals surface area contributed by atoms with Gasteiger partial charge in [-0.1, -0.05) is 25.1 Å². The first-order chi connectivity index (χ1) is 9.77.